The maximum absolute atomic E-state index is 12.8. The third-order valence-electron chi connectivity index (χ3n) is 4.59. The van der Waals surface area contributed by atoms with E-state index in [1.54, 1.807) is 29.3 Å². The predicted octanol–water partition coefficient (Wildman–Crippen LogP) is 2.31. The number of nitrogens with zero attached hydrogens (tertiary/aromatic N) is 5. The summed E-state index contributed by atoms with van der Waals surface area (Å²) in [5.41, 5.74) is 2.79. The molecule has 0 bridgehead atoms. The van der Waals surface area contributed by atoms with Gasteiger partial charge in [0, 0.05) is 39.4 Å². The van der Waals surface area contributed by atoms with E-state index in [-0.39, 0.29) is 5.91 Å². The molecule has 0 unspecified atom stereocenters. The number of benzene rings is 1. The number of rotatable bonds is 3. The zero-order valence-electron chi connectivity index (χ0n) is 15.1. The van der Waals surface area contributed by atoms with Gasteiger partial charge in [-0.3, -0.25) is 9.48 Å². The molecule has 1 aliphatic rings. The van der Waals surface area contributed by atoms with Gasteiger partial charge in [0.2, 0.25) is 5.88 Å². The molecule has 1 amide bonds. The number of hydrogen-bond donors (Lipinski definition) is 0. The number of hydrogen-bond acceptors (Lipinski definition) is 6. The van der Waals surface area contributed by atoms with Crippen LogP contribution in [0.1, 0.15) is 15.9 Å². The van der Waals surface area contributed by atoms with Gasteiger partial charge in [-0.1, -0.05) is 17.4 Å². The second kappa shape index (κ2) is 6.60. The Balaban J connectivity index is 1.47. The van der Waals surface area contributed by atoms with Crippen LogP contribution in [0.25, 0.3) is 10.2 Å². The first-order valence-electron chi connectivity index (χ1n) is 8.54. The topological polar surface area (TPSA) is 63.5 Å². The fourth-order valence-corrected chi connectivity index (χ4v) is 4.31. The standard InChI is InChI=1S/C18H21N5O2S/c1-12-4-5-14-15(10-12)26-18(19-14)23-8-6-22(7-9-23)17(24)13-11-21(2)20-16(13)25-3/h4-5,10-11H,6-9H2,1-3H3. The first-order valence-corrected chi connectivity index (χ1v) is 9.36. The van der Waals surface area contributed by atoms with Gasteiger partial charge < -0.3 is 14.5 Å². The minimum atomic E-state index is -0.0328. The molecular formula is C18H21N5O2S. The van der Waals surface area contributed by atoms with E-state index in [0.29, 0.717) is 24.5 Å². The van der Waals surface area contributed by atoms with E-state index in [0.717, 1.165) is 23.7 Å². The molecule has 0 N–H and O–H groups in total. The highest BCUT2D eigenvalue weighted by Gasteiger charge is 2.27. The van der Waals surface area contributed by atoms with Gasteiger partial charge >= 0.3 is 0 Å². The van der Waals surface area contributed by atoms with E-state index in [1.165, 1.54) is 17.4 Å². The molecule has 0 radical (unpaired) electrons. The molecule has 1 aliphatic heterocycles. The summed E-state index contributed by atoms with van der Waals surface area (Å²) >= 11 is 1.71. The number of amides is 1. The Morgan fingerprint density at radius 1 is 1.23 bits per heavy atom. The van der Waals surface area contributed by atoms with Gasteiger partial charge in [-0.15, -0.1) is 5.10 Å². The first-order chi connectivity index (χ1) is 12.5. The van der Waals surface area contributed by atoms with Crippen molar-refractivity contribution in [3.05, 3.63) is 35.5 Å². The van der Waals surface area contributed by atoms with Gasteiger partial charge in [-0.25, -0.2) is 4.98 Å². The lowest BCUT2D eigenvalue weighted by Crippen LogP contribution is -2.48. The Hall–Kier alpha value is -2.61. The van der Waals surface area contributed by atoms with Crippen LogP contribution in [-0.4, -0.2) is 58.9 Å². The molecule has 8 heteroatoms. The van der Waals surface area contributed by atoms with Crippen LogP contribution in [0, 0.1) is 6.92 Å². The van der Waals surface area contributed by atoms with E-state index in [4.69, 9.17) is 9.72 Å². The number of carbonyl (C=O) groups is 1. The number of fused-ring (bicyclic) bond motifs is 1. The highest BCUT2D eigenvalue weighted by molar-refractivity contribution is 7.22. The zero-order valence-corrected chi connectivity index (χ0v) is 15.9. The first kappa shape index (κ1) is 16.8. The van der Waals surface area contributed by atoms with Crippen molar-refractivity contribution in [2.45, 2.75) is 6.92 Å². The molecule has 2 aromatic heterocycles. The lowest BCUT2D eigenvalue weighted by atomic mass is 10.2. The highest BCUT2D eigenvalue weighted by Crippen LogP contribution is 2.30. The fraction of sp³-hybridized carbons (Fsp3) is 0.389. The molecule has 1 saturated heterocycles. The Labute approximate surface area is 155 Å². The van der Waals surface area contributed by atoms with E-state index in [2.05, 4.69) is 35.1 Å². The molecule has 0 spiro atoms. The quantitative estimate of drug-likeness (QED) is 0.707. The third-order valence-corrected chi connectivity index (χ3v) is 5.67. The number of anilines is 1. The van der Waals surface area contributed by atoms with Crippen LogP contribution in [-0.2, 0) is 7.05 Å². The molecular weight excluding hydrogens is 350 g/mol. The van der Waals surface area contributed by atoms with Crippen LogP contribution < -0.4 is 9.64 Å². The number of carbonyl (C=O) groups excluding carboxylic acids is 1. The van der Waals surface area contributed by atoms with Crippen molar-refractivity contribution in [1.29, 1.82) is 0 Å². The number of ether oxygens (including phenoxy) is 1. The van der Waals surface area contributed by atoms with Crippen molar-refractivity contribution in [3.63, 3.8) is 0 Å². The Bertz CT molecular complexity index is 956. The van der Waals surface area contributed by atoms with Crippen molar-refractivity contribution in [3.8, 4) is 5.88 Å². The van der Waals surface area contributed by atoms with E-state index >= 15 is 0 Å². The Morgan fingerprint density at radius 2 is 2.00 bits per heavy atom. The lowest BCUT2D eigenvalue weighted by molar-refractivity contribution is 0.0743. The summed E-state index contributed by atoms with van der Waals surface area (Å²) in [4.78, 5) is 21.6. The maximum Gasteiger partial charge on any atom is 0.261 e. The second-order valence-electron chi connectivity index (χ2n) is 6.47. The van der Waals surface area contributed by atoms with E-state index in [1.807, 2.05) is 4.90 Å². The average molecular weight is 371 g/mol. The van der Waals surface area contributed by atoms with Crippen molar-refractivity contribution in [2.75, 3.05) is 38.2 Å². The molecule has 0 saturated carbocycles. The van der Waals surface area contributed by atoms with E-state index in [9.17, 15) is 4.79 Å². The SMILES string of the molecule is COc1nn(C)cc1C(=O)N1CCN(c2nc3ccc(C)cc3s2)CC1. The molecule has 1 fully saturated rings. The molecule has 1 aromatic carbocycles. The summed E-state index contributed by atoms with van der Waals surface area (Å²) in [7, 11) is 3.32. The van der Waals surface area contributed by atoms with Crippen LogP contribution in [0.4, 0.5) is 5.13 Å². The van der Waals surface area contributed by atoms with Gasteiger partial charge in [-0.2, -0.15) is 0 Å². The zero-order chi connectivity index (χ0) is 18.3. The van der Waals surface area contributed by atoms with Gasteiger partial charge in [0.1, 0.15) is 5.56 Å². The minimum Gasteiger partial charge on any atom is -0.479 e. The van der Waals surface area contributed by atoms with Gasteiger partial charge in [0.15, 0.2) is 5.13 Å². The Kier molecular flexibility index (Phi) is 4.28. The number of aromatic nitrogens is 3. The number of piperazine rings is 1. The summed E-state index contributed by atoms with van der Waals surface area (Å²) in [6.45, 7) is 4.95. The van der Waals surface area contributed by atoms with Crippen LogP contribution in [0.5, 0.6) is 5.88 Å². The summed E-state index contributed by atoms with van der Waals surface area (Å²) in [6, 6.07) is 6.33. The second-order valence-corrected chi connectivity index (χ2v) is 7.48. The smallest absolute Gasteiger partial charge is 0.261 e. The van der Waals surface area contributed by atoms with Crippen molar-refractivity contribution in [2.24, 2.45) is 7.05 Å². The summed E-state index contributed by atoms with van der Waals surface area (Å²) < 4.78 is 8.02. The lowest BCUT2D eigenvalue weighted by Gasteiger charge is -2.34. The van der Waals surface area contributed by atoms with Crippen molar-refractivity contribution in [1.82, 2.24) is 19.7 Å². The molecule has 3 heterocycles. The normalized spacial score (nSPS) is 14.9. The highest BCUT2D eigenvalue weighted by atomic mass is 32.1. The third kappa shape index (κ3) is 3.01. The molecule has 0 atom stereocenters. The van der Waals surface area contributed by atoms with Gasteiger partial charge in [0.05, 0.1) is 17.3 Å². The van der Waals surface area contributed by atoms with Crippen LogP contribution in [0.15, 0.2) is 24.4 Å². The molecule has 7 nitrogen and oxygen atoms in total. The maximum atomic E-state index is 12.8. The van der Waals surface area contributed by atoms with E-state index < -0.39 is 0 Å². The monoisotopic (exact) mass is 371 g/mol. The molecule has 26 heavy (non-hydrogen) atoms. The van der Waals surface area contributed by atoms with Crippen LogP contribution >= 0.6 is 11.3 Å². The van der Waals surface area contributed by atoms with Gasteiger partial charge in [-0.05, 0) is 24.6 Å². The average Bonchev–Trinajstić information content (AvgIpc) is 3.24. The van der Waals surface area contributed by atoms with Crippen molar-refractivity contribution < 1.29 is 9.53 Å². The number of thiazole rings is 1. The molecule has 4 rings (SSSR count). The Morgan fingerprint density at radius 3 is 2.73 bits per heavy atom. The van der Waals surface area contributed by atoms with Crippen molar-refractivity contribution >= 4 is 32.6 Å². The van der Waals surface area contributed by atoms with Gasteiger partial charge in [0.25, 0.3) is 5.91 Å². The largest absolute Gasteiger partial charge is 0.479 e. The summed E-state index contributed by atoms with van der Waals surface area (Å²) in [6.07, 6.45) is 1.71. The minimum absolute atomic E-state index is 0.0328. The number of methoxy groups -OCH3 is 1. The number of aryl methyl sites for hydroxylation is 2. The fourth-order valence-electron chi connectivity index (χ4n) is 3.19. The molecule has 136 valence electrons. The molecule has 3 aromatic rings. The predicted molar refractivity (Wildman–Crippen MR) is 102 cm³/mol. The molecule has 0 aliphatic carbocycles. The summed E-state index contributed by atoms with van der Waals surface area (Å²) in [5.74, 6) is 0.344. The summed E-state index contributed by atoms with van der Waals surface area (Å²) in [5, 5.41) is 5.19. The van der Waals surface area contributed by atoms with Crippen LogP contribution in [0.2, 0.25) is 0 Å². The van der Waals surface area contributed by atoms with Crippen LogP contribution in [0.3, 0.4) is 0 Å².